The second kappa shape index (κ2) is 10.4. The summed E-state index contributed by atoms with van der Waals surface area (Å²) in [7, 11) is 0. The summed E-state index contributed by atoms with van der Waals surface area (Å²) < 4.78 is 10.9. The topological polar surface area (TPSA) is 86.9 Å². The molecule has 1 aromatic heterocycles. The van der Waals surface area contributed by atoms with Gasteiger partial charge in [-0.05, 0) is 42.0 Å². The first kappa shape index (κ1) is 23.8. The fourth-order valence-corrected chi connectivity index (χ4v) is 4.88. The Balaban J connectivity index is 1.18. The molecule has 0 spiro atoms. The molecule has 0 aliphatic carbocycles. The van der Waals surface area contributed by atoms with Gasteiger partial charge in [0.15, 0.2) is 11.5 Å². The van der Waals surface area contributed by atoms with Gasteiger partial charge in [0.25, 0.3) is 11.8 Å². The SMILES string of the molecule is O=C(NC(=Cc1c[nH]c2ccccc12)C(=O)N1CCN(Cc2ccc3c(c2)OCO3)CC1)c1ccccc1. The van der Waals surface area contributed by atoms with Crippen LogP contribution in [0.15, 0.2) is 84.7 Å². The maximum Gasteiger partial charge on any atom is 0.270 e. The quantitative estimate of drug-likeness (QED) is 0.385. The molecular weight excluding hydrogens is 480 g/mol. The van der Waals surface area contributed by atoms with Gasteiger partial charge in [-0.1, -0.05) is 42.5 Å². The number of hydrogen-bond donors (Lipinski definition) is 2. The molecule has 4 aromatic rings. The lowest BCUT2D eigenvalue weighted by molar-refractivity contribution is -0.129. The Hall–Kier alpha value is -4.56. The van der Waals surface area contributed by atoms with Gasteiger partial charge < -0.3 is 24.7 Å². The summed E-state index contributed by atoms with van der Waals surface area (Å²) in [5, 5.41) is 3.87. The minimum atomic E-state index is -0.313. The average Bonchev–Trinajstić information content (AvgIpc) is 3.60. The Kier molecular flexibility index (Phi) is 6.54. The zero-order chi connectivity index (χ0) is 25.9. The van der Waals surface area contributed by atoms with Crippen LogP contribution in [0.1, 0.15) is 21.5 Å². The molecule has 0 bridgehead atoms. The van der Waals surface area contributed by atoms with Crippen molar-refractivity contribution in [1.82, 2.24) is 20.1 Å². The standard InChI is InChI=1S/C30H28N4O4/c35-29(22-6-2-1-3-7-22)32-26(17-23-18-31-25-9-5-4-8-24(23)25)30(36)34-14-12-33(13-15-34)19-21-10-11-27-28(16-21)38-20-37-27/h1-11,16-18,31H,12-15,19-20H2,(H,32,35). The van der Waals surface area contributed by atoms with E-state index in [0.29, 0.717) is 18.7 Å². The van der Waals surface area contributed by atoms with E-state index in [1.54, 1.807) is 30.3 Å². The molecule has 0 atom stereocenters. The number of ether oxygens (including phenoxy) is 2. The van der Waals surface area contributed by atoms with Crippen LogP contribution in [-0.2, 0) is 11.3 Å². The fraction of sp³-hybridized carbons (Fsp3) is 0.200. The maximum absolute atomic E-state index is 13.7. The largest absolute Gasteiger partial charge is 0.454 e. The van der Waals surface area contributed by atoms with Crippen molar-refractivity contribution in [1.29, 1.82) is 0 Å². The number of carbonyl (C=O) groups is 2. The zero-order valence-electron chi connectivity index (χ0n) is 20.9. The van der Waals surface area contributed by atoms with Crippen LogP contribution in [0.2, 0.25) is 0 Å². The summed E-state index contributed by atoms with van der Waals surface area (Å²) in [6, 6.07) is 22.8. The summed E-state index contributed by atoms with van der Waals surface area (Å²) in [6.07, 6.45) is 3.62. The molecule has 38 heavy (non-hydrogen) atoms. The van der Waals surface area contributed by atoms with Crippen molar-refractivity contribution in [2.24, 2.45) is 0 Å². The fourth-order valence-electron chi connectivity index (χ4n) is 4.88. The number of aromatic nitrogens is 1. The molecule has 1 fully saturated rings. The van der Waals surface area contributed by atoms with Gasteiger partial charge in [0, 0.05) is 61.0 Å². The van der Waals surface area contributed by atoms with Gasteiger partial charge in [0.2, 0.25) is 6.79 Å². The van der Waals surface area contributed by atoms with Gasteiger partial charge >= 0.3 is 0 Å². The molecule has 2 aliphatic rings. The maximum atomic E-state index is 13.7. The van der Waals surface area contributed by atoms with Crippen LogP contribution in [-0.4, -0.2) is 59.6 Å². The summed E-state index contributed by atoms with van der Waals surface area (Å²) in [5.41, 5.74) is 3.71. The van der Waals surface area contributed by atoms with E-state index in [9.17, 15) is 9.59 Å². The van der Waals surface area contributed by atoms with Gasteiger partial charge in [-0.2, -0.15) is 0 Å². The normalized spacial score (nSPS) is 15.6. The van der Waals surface area contributed by atoms with Gasteiger partial charge in [-0.25, -0.2) is 0 Å². The number of nitrogens with zero attached hydrogens (tertiary/aromatic N) is 2. The summed E-state index contributed by atoms with van der Waals surface area (Å²) >= 11 is 0. The number of nitrogens with one attached hydrogen (secondary N) is 2. The molecule has 2 amide bonds. The predicted molar refractivity (Wildman–Crippen MR) is 145 cm³/mol. The van der Waals surface area contributed by atoms with E-state index in [4.69, 9.17) is 9.47 Å². The Bertz CT molecular complexity index is 1500. The van der Waals surface area contributed by atoms with E-state index >= 15 is 0 Å². The third-order valence-electron chi connectivity index (χ3n) is 6.94. The summed E-state index contributed by atoms with van der Waals surface area (Å²) in [6.45, 7) is 3.61. The number of rotatable bonds is 6. The molecule has 6 rings (SSSR count). The lowest BCUT2D eigenvalue weighted by Crippen LogP contribution is -2.50. The number of para-hydroxylation sites is 1. The van der Waals surface area contributed by atoms with Crippen LogP contribution < -0.4 is 14.8 Å². The minimum absolute atomic E-state index is 0.192. The molecule has 0 saturated carbocycles. The second-order valence-corrected chi connectivity index (χ2v) is 9.42. The van der Waals surface area contributed by atoms with Crippen LogP contribution in [0, 0.1) is 0 Å². The molecule has 8 nitrogen and oxygen atoms in total. The number of benzene rings is 3. The van der Waals surface area contributed by atoms with E-state index in [-0.39, 0.29) is 24.3 Å². The van der Waals surface area contributed by atoms with Crippen LogP contribution in [0.4, 0.5) is 0 Å². The van der Waals surface area contributed by atoms with Crippen molar-refractivity contribution in [2.75, 3.05) is 33.0 Å². The number of H-pyrrole nitrogens is 1. The van der Waals surface area contributed by atoms with Gasteiger partial charge in [0.05, 0.1) is 0 Å². The Morgan fingerprint density at radius 3 is 2.50 bits per heavy atom. The highest BCUT2D eigenvalue weighted by molar-refractivity contribution is 6.06. The molecule has 1 saturated heterocycles. The summed E-state index contributed by atoms with van der Waals surface area (Å²) in [5.74, 6) is 1.04. The highest BCUT2D eigenvalue weighted by Crippen LogP contribution is 2.33. The summed E-state index contributed by atoms with van der Waals surface area (Å²) in [4.78, 5) is 34.1. The van der Waals surface area contributed by atoms with Gasteiger partial charge in [-0.15, -0.1) is 0 Å². The monoisotopic (exact) mass is 508 g/mol. The van der Waals surface area contributed by atoms with Crippen molar-refractivity contribution >= 4 is 28.8 Å². The van der Waals surface area contributed by atoms with E-state index in [2.05, 4.69) is 15.2 Å². The van der Waals surface area contributed by atoms with Crippen molar-refractivity contribution in [3.05, 3.63) is 101 Å². The average molecular weight is 509 g/mol. The minimum Gasteiger partial charge on any atom is -0.454 e. The van der Waals surface area contributed by atoms with Gasteiger partial charge in [0.1, 0.15) is 5.70 Å². The number of amides is 2. The van der Waals surface area contributed by atoms with E-state index < -0.39 is 0 Å². The Morgan fingerprint density at radius 2 is 1.66 bits per heavy atom. The number of fused-ring (bicyclic) bond motifs is 2. The highest BCUT2D eigenvalue weighted by atomic mass is 16.7. The number of hydrogen-bond acceptors (Lipinski definition) is 5. The van der Waals surface area contributed by atoms with Crippen molar-refractivity contribution in [2.45, 2.75) is 6.54 Å². The van der Waals surface area contributed by atoms with Crippen LogP contribution >= 0.6 is 0 Å². The molecule has 2 N–H and O–H groups in total. The third-order valence-corrected chi connectivity index (χ3v) is 6.94. The predicted octanol–water partition coefficient (Wildman–Crippen LogP) is 4.01. The van der Waals surface area contributed by atoms with Crippen molar-refractivity contribution < 1.29 is 19.1 Å². The van der Waals surface area contributed by atoms with Crippen molar-refractivity contribution in [3.63, 3.8) is 0 Å². The third kappa shape index (κ3) is 4.99. The molecule has 0 unspecified atom stereocenters. The second-order valence-electron chi connectivity index (χ2n) is 9.42. The lowest BCUT2D eigenvalue weighted by Gasteiger charge is -2.35. The van der Waals surface area contributed by atoms with E-state index in [1.807, 2.05) is 59.6 Å². The molecule has 2 aliphatic heterocycles. The molecule has 3 aromatic carbocycles. The first-order valence-electron chi connectivity index (χ1n) is 12.7. The Labute approximate surface area is 220 Å². The smallest absolute Gasteiger partial charge is 0.270 e. The first-order chi connectivity index (χ1) is 18.6. The zero-order valence-corrected chi connectivity index (χ0v) is 20.9. The number of piperazine rings is 1. The first-order valence-corrected chi connectivity index (χ1v) is 12.7. The molecule has 192 valence electrons. The molecular formula is C30H28N4O4. The van der Waals surface area contributed by atoms with Crippen LogP contribution in [0.3, 0.4) is 0 Å². The lowest BCUT2D eigenvalue weighted by atomic mass is 10.1. The highest BCUT2D eigenvalue weighted by Gasteiger charge is 2.26. The van der Waals surface area contributed by atoms with E-state index in [0.717, 1.165) is 53.2 Å². The molecule has 3 heterocycles. The van der Waals surface area contributed by atoms with E-state index in [1.165, 1.54) is 0 Å². The van der Waals surface area contributed by atoms with Crippen molar-refractivity contribution in [3.8, 4) is 11.5 Å². The number of aromatic amines is 1. The van der Waals surface area contributed by atoms with Crippen LogP contribution in [0.5, 0.6) is 11.5 Å². The Morgan fingerprint density at radius 1 is 0.895 bits per heavy atom. The van der Waals surface area contributed by atoms with Gasteiger partial charge in [-0.3, -0.25) is 14.5 Å². The molecule has 0 radical (unpaired) electrons. The van der Waals surface area contributed by atoms with Crippen LogP contribution in [0.25, 0.3) is 17.0 Å². The molecule has 8 heteroatoms. The number of carbonyl (C=O) groups excluding carboxylic acids is 2.